The van der Waals surface area contributed by atoms with E-state index in [1.54, 1.807) is 19.1 Å². The Hall–Kier alpha value is -3.00. The lowest BCUT2D eigenvalue weighted by molar-refractivity contribution is -0.145. The van der Waals surface area contributed by atoms with Crippen molar-refractivity contribution in [2.75, 3.05) is 0 Å². The number of aryl methyl sites for hydroxylation is 1. The van der Waals surface area contributed by atoms with Gasteiger partial charge < -0.3 is 9.84 Å². The minimum atomic E-state index is -4.37. The van der Waals surface area contributed by atoms with E-state index in [0.29, 0.717) is 23.4 Å². The molecule has 0 saturated heterocycles. The van der Waals surface area contributed by atoms with Crippen molar-refractivity contribution in [3.8, 4) is 5.75 Å². The minimum Gasteiger partial charge on any atom is -0.479 e. The van der Waals surface area contributed by atoms with E-state index in [2.05, 4.69) is 5.48 Å². The van der Waals surface area contributed by atoms with E-state index >= 15 is 0 Å². The summed E-state index contributed by atoms with van der Waals surface area (Å²) in [5.74, 6) is -0.532. The first-order valence-corrected chi connectivity index (χ1v) is 9.90. The van der Waals surface area contributed by atoms with Gasteiger partial charge in [-0.3, -0.25) is 10.3 Å². The Morgan fingerprint density at radius 2 is 1.84 bits per heavy atom. The van der Waals surface area contributed by atoms with Gasteiger partial charge in [0.15, 0.2) is 6.10 Å². The second-order valence-electron chi connectivity index (χ2n) is 6.94. The third-order valence-corrected chi connectivity index (χ3v) is 4.51. The summed E-state index contributed by atoms with van der Waals surface area (Å²) in [6, 6.07) is 10.1. The van der Waals surface area contributed by atoms with E-state index in [1.165, 1.54) is 12.1 Å². The zero-order valence-corrected chi connectivity index (χ0v) is 17.6. The third kappa shape index (κ3) is 7.03. The number of benzene rings is 2. The molecule has 0 radical (unpaired) electrons. The Balaban J connectivity index is 2.04. The number of alkyl halides is 3. The van der Waals surface area contributed by atoms with Gasteiger partial charge in [-0.15, -0.1) is 0 Å². The molecule has 0 bridgehead atoms. The molecule has 0 heterocycles. The molecule has 0 aliphatic rings. The Labute approximate surface area is 179 Å². The third-order valence-electron chi connectivity index (χ3n) is 4.51. The predicted octanol–water partition coefficient (Wildman–Crippen LogP) is 5.73. The van der Waals surface area contributed by atoms with Gasteiger partial charge in [-0.2, -0.15) is 13.2 Å². The number of rotatable bonds is 10. The van der Waals surface area contributed by atoms with Crippen LogP contribution in [0.5, 0.6) is 5.75 Å². The van der Waals surface area contributed by atoms with Crippen LogP contribution in [0.4, 0.5) is 13.2 Å². The number of carboxylic acid groups (broad SMARTS) is 1. The topological polar surface area (TPSA) is 67.8 Å². The summed E-state index contributed by atoms with van der Waals surface area (Å²) < 4.78 is 43.5. The number of hydroxylamine groups is 1. The van der Waals surface area contributed by atoms with Crippen LogP contribution in [0, 0.1) is 6.92 Å². The minimum absolute atomic E-state index is 0.0795. The first-order chi connectivity index (χ1) is 14.7. The maximum atomic E-state index is 12.7. The molecule has 0 saturated carbocycles. The summed E-state index contributed by atoms with van der Waals surface area (Å²) >= 11 is 0. The van der Waals surface area contributed by atoms with Crippen LogP contribution in [-0.2, 0) is 22.4 Å². The monoisotopic (exact) mass is 437 g/mol. The molecular weight excluding hydrogens is 411 g/mol. The normalized spacial score (nSPS) is 13.0. The zero-order chi connectivity index (χ0) is 23.0. The van der Waals surface area contributed by atoms with Gasteiger partial charge in [0.1, 0.15) is 5.75 Å². The second kappa shape index (κ2) is 10.9. The van der Waals surface area contributed by atoms with Crippen molar-refractivity contribution in [2.45, 2.75) is 52.5 Å². The van der Waals surface area contributed by atoms with E-state index in [1.807, 2.05) is 26.0 Å². The summed E-state index contributed by atoms with van der Waals surface area (Å²) in [7, 11) is 0. The highest BCUT2D eigenvalue weighted by Crippen LogP contribution is 2.29. The Kier molecular flexibility index (Phi) is 8.50. The van der Waals surface area contributed by atoms with Crippen LogP contribution in [-0.4, -0.2) is 17.2 Å². The van der Waals surface area contributed by atoms with Crippen molar-refractivity contribution in [1.29, 1.82) is 0 Å². The summed E-state index contributed by atoms with van der Waals surface area (Å²) in [4.78, 5) is 16.7. The standard InChI is InChI=1S/C23H26F3NO4/c1-4-6-19(27-30-14-16-7-10-18(11-8-16)23(24,25)26)17-9-12-21(15(3)13-17)31-20(5-2)22(28)29/h6-13,20,27H,4-5,14H2,1-3H3,(H,28,29). The lowest BCUT2D eigenvalue weighted by atomic mass is 10.1. The van der Waals surface area contributed by atoms with E-state index < -0.39 is 23.8 Å². The number of allylic oxidation sites excluding steroid dienone is 1. The van der Waals surface area contributed by atoms with Gasteiger partial charge in [0.25, 0.3) is 0 Å². The van der Waals surface area contributed by atoms with Gasteiger partial charge >= 0.3 is 12.1 Å². The van der Waals surface area contributed by atoms with Gasteiger partial charge in [-0.05, 0) is 61.2 Å². The number of nitrogens with one attached hydrogen (secondary N) is 1. The van der Waals surface area contributed by atoms with Gasteiger partial charge in [0, 0.05) is 5.56 Å². The fourth-order valence-electron chi connectivity index (χ4n) is 2.82. The maximum absolute atomic E-state index is 12.7. The lowest BCUT2D eigenvalue weighted by Gasteiger charge is -2.17. The summed E-state index contributed by atoms with van der Waals surface area (Å²) in [5, 5.41) is 9.17. The van der Waals surface area contributed by atoms with Crippen LogP contribution in [0.3, 0.4) is 0 Å². The van der Waals surface area contributed by atoms with Crippen molar-refractivity contribution in [1.82, 2.24) is 5.48 Å². The Morgan fingerprint density at radius 3 is 2.35 bits per heavy atom. The van der Waals surface area contributed by atoms with E-state index in [9.17, 15) is 18.0 Å². The molecule has 0 amide bonds. The number of hydrogen-bond acceptors (Lipinski definition) is 4. The highest BCUT2D eigenvalue weighted by Gasteiger charge is 2.29. The fourth-order valence-corrected chi connectivity index (χ4v) is 2.82. The van der Waals surface area contributed by atoms with Crippen LogP contribution < -0.4 is 10.2 Å². The van der Waals surface area contributed by atoms with Crippen LogP contribution >= 0.6 is 0 Å². The smallest absolute Gasteiger partial charge is 0.416 e. The molecule has 8 heteroatoms. The van der Waals surface area contributed by atoms with Crippen molar-refractivity contribution in [2.24, 2.45) is 0 Å². The van der Waals surface area contributed by atoms with Crippen molar-refractivity contribution < 1.29 is 32.6 Å². The molecule has 0 aliphatic heterocycles. The van der Waals surface area contributed by atoms with Crippen molar-refractivity contribution in [3.63, 3.8) is 0 Å². The molecule has 168 valence electrons. The lowest BCUT2D eigenvalue weighted by Crippen LogP contribution is -2.26. The maximum Gasteiger partial charge on any atom is 0.416 e. The number of ether oxygens (including phenoxy) is 1. The average Bonchev–Trinajstić information content (AvgIpc) is 2.71. The molecule has 0 aliphatic carbocycles. The van der Waals surface area contributed by atoms with Crippen LogP contribution in [0.15, 0.2) is 48.5 Å². The quantitative estimate of drug-likeness (QED) is 0.465. The first kappa shape index (κ1) is 24.3. The van der Waals surface area contributed by atoms with Crippen molar-refractivity contribution in [3.05, 3.63) is 70.8 Å². The number of hydrogen-bond donors (Lipinski definition) is 2. The van der Waals surface area contributed by atoms with E-state index in [0.717, 1.165) is 29.7 Å². The van der Waals surface area contributed by atoms with Gasteiger partial charge in [-0.1, -0.05) is 32.1 Å². The Bertz CT molecular complexity index is 908. The molecule has 1 atom stereocenters. The Morgan fingerprint density at radius 1 is 1.16 bits per heavy atom. The van der Waals surface area contributed by atoms with Gasteiger partial charge in [0.05, 0.1) is 17.9 Å². The fraction of sp³-hybridized carbons (Fsp3) is 0.348. The number of carboxylic acids is 1. The first-order valence-electron chi connectivity index (χ1n) is 9.90. The summed E-state index contributed by atoms with van der Waals surface area (Å²) in [5.41, 5.74) is 5.00. The summed E-state index contributed by atoms with van der Waals surface area (Å²) in [6.07, 6.45) is -2.31. The van der Waals surface area contributed by atoms with Crippen LogP contribution in [0.25, 0.3) is 5.70 Å². The summed E-state index contributed by atoms with van der Waals surface area (Å²) in [6.45, 7) is 5.60. The van der Waals surface area contributed by atoms with E-state index in [4.69, 9.17) is 14.7 Å². The molecule has 1 unspecified atom stereocenters. The molecule has 2 N–H and O–H groups in total. The van der Waals surface area contributed by atoms with Crippen molar-refractivity contribution >= 4 is 11.7 Å². The number of halogens is 3. The molecular formula is C23H26F3NO4. The van der Waals surface area contributed by atoms with Gasteiger partial charge in [0.2, 0.25) is 0 Å². The second-order valence-corrected chi connectivity index (χ2v) is 6.94. The molecule has 2 aromatic carbocycles. The van der Waals surface area contributed by atoms with E-state index in [-0.39, 0.29) is 6.61 Å². The highest BCUT2D eigenvalue weighted by molar-refractivity contribution is 5.73. The molecule has 5 nitrogen and oxygen atoms in total. The van der Waals surface area contributed by atoms with Crippen LogP contribution in [0.2, 0.25) is 0 Å². The average molecular weight is 437 g/mol. The molecule has 0 aromatic heterocycles. The molecule has 0 spiro atoms. The molecule has 2 aromatic rings. The number of carbonyl (C=O) groups is 1. The SMILES string of the molecule is CCC=C(NOCc1ccc(C(F)(F)F)cc1)c1ccc(OC(CC)C(=O)O)c(C)c1. The van der Waals surface area contributed by atoms with Crippen LogP contribution in [0.1, 0.15) is 48.9 Å². The molecule has 31 heavy (non-hydrogen) atoms. The highest BCUT2D eigenvalue weighted by atomic mass is 19.4. The molecule has 0 fully saturated rings. The largest absolute Gasteiger partial charge is 0.479 e. The number of aliphatic carboxylic acids is 1. The van der Waals surface area contributed by atoms with Gasteiger partial charge in [-0.25, -0.2) is 4.79 Å². The predicted molar refractivity (Wildman–Crippen MR) is 111 cm³/mol. The molecule has 2 rings (SSSR count). The zero-order valence-electron chi connectivity index (χ0n) is 17.6.